The van der Waals surface area contributed by atoms with Crippen LogP contribution in [0.15, 0.2) is 18.2 Å². The highest BCUT2D eigenvalue weighted by molar-refractivity contribution is 5.76. The van der Waals surface area contributed by atoms with E-state index in [9.17, 15) is 4.79 Å². The predicted molar refractivity (Wildman–Crippen MR) is 105 cm³/mol. The van der Waals surface area contributed by atoms with Gasteiger partial charge in [0.05, 0.1) is 17.9 Å². The van der Waals surface area contributed by atoms with E-state index in [4.69, 9.17) is 5.10 Å². The average molecular weight is 359 g/mol. The quantitative estimate of drug-likeness (QED) is 0.762. The van der Waals surface area contributed by atoms with Gasteiger partial charge in [-0.2, -0.15) is 5.10 Å². The fraction of sp³-hybridized carbons (Fsp3) is 0.714. The van der Waals surface area contributed by atoms with E-state index in [1.165, 1.54) is 31.4 Å². The molecular weight excluding hydrogens is 324 g/mol. The van der Waals surface area contributed by atoms with Crippen molar-refractivity contribution in [3.8, 4) is 0 Å². The Morgan fingerprint density at radius 2 is 2.08 bits per heavy atom. The molecule has 0 saturated heterocycles. The molecule has 1 saturated carbocycles. The van der Waals surface area contributed by atoms with Crippen molar-refractivity contribution in [3.63, 3.8) is 0 Å². The summed E-state index contributed by atoms with van der Waals surface area (Å²) in [6, 6.07) is 2.22. The number of amides is 1. The molecule has 2 aliphatic rings. The van der Waals surface area contributed by atoms with Crippen molar-refractivity contribution < 1.29 is 4.79 Å². The molecule has 0 spiro atoms. The standard InChI is InChI=1S/C21H34N4O/c1-22-14-17-8-10-18(11-9-17)20-13-19(25(3)23-20)15-24(2)21(26)12-16-6-4-5-7-16/h4,6,13,16-18,22H,5,7-12,14-15H2,1-3H3. The molecule has 0 bridgehead atoms. The van der Waals surface area contributed by atoms with Crippen LogP contribution in [0.4, 0.5) is 0 Å². The molecular formula is C21H34N4O. The minimum Gasteiger partial charge on any atom is -0.340 e. The lowest BCUT2D eigenvalue weighted by Crippen LogP contribution is -2.28. The molecule has 0 aromatic carbocycles. The molecule has 1 N–H and O–H groups in total. The number of hydrogen-bond acceptors (Lipinski definition) is 3. The van der Waals surface area contributed by atoms with E-state index < -0.39 is 0 Å². The smallest absolute Gasteiger partial charge is 0.223 e. The summed E-state index contributed by atoms with van der Waals surface area (Å²) >= 11 is 0. The molecule has 5 heteroatoms. The second-order valence-corrected chi connectivity index (χ2v) is 8.18. The van der Waals surface area contributed by atoms with E-state index >= 15 is 0 Å². The molecule has 1 unspecified atom stereocenters. The van der Waals surface area contributed by atoms with E-state index in [1.54, 1.807) is 0 Å². The molecule has 1 atom stereocenters. The highest BCUT2D eigenvalue weighted by atomic mass is 16.2. The number of rotatable bonds is 7. The molecule has 5 nitrogen and oxygen atoms in total. The molecule has 144 valence electrons. The van der Waals surface area contributed by atoms with Gasteiger partial charge in [0.1, 0.15) is 0 Å². The minimum atomic E-state index is 0.233. The fourth-order valence-corrected chi connectivity index (χ4v) is 4.41. The molecule has 3 rings (SSSR count). The molecule has 0 radical (unpaired) electrons. The molecule has 1 heterocycles. The zero-order chi connectivity index (χ0) is 18.5. The van der Waals surface area contributed by atoms with Crippen molar-refractivity contribution in [3.05, 3.63) is 29.6 Å². The first-order valence-electron chi connectivity index (χ1n) is 10.1. The van der Waals surface area contributed by atoms with Crippen LogP contribution in [0.5, 0.6) is 0 Å². The number of hydrogen-bond donors (Lipinski definition) is 1. The van der Waals surface area contributed by atoms with Crippen LogP contribution in [-0.4, -0.2) is 41.2 Å². The van der Waals surface area contributed by atoms with Crippen LogP contribution in [-0.2, 0) is 18.4 Å². The monoisotopic (exact) mass is 358 g/mol. The maximum atomic E-state index is 12.5. The Kier molecular flexibility index (Phi) is 6.52. The zero-order valence-electron chi connectivity index (χ0n) is 16.6. The second-order valence-electron chi connectivity index (χ2n) is 8.18. The third-order valence-electron chi connectivity index (χ3n) is 6.13. The van der Waals surface area contributed by atoms with E-state index in [0.717, 1.165) is 31.0 Å². The second kappa shape index (κ2) is 8.85. The number of allylic oxidation sites excluding steroid dienone is 2. The molecule has 26 heavy (non-hydrogen) atoms. The summed E-state index contributed by atoms with van der Waals surface area (Å²) in [7, 11) is 5.96. The summed E-state index contributed by atoms with van der Waals surface area (Å²) in [6.07, 6.45) is 12.3. The van der Waals surface area contributed by atoms with E-state index in [1.807, 2.05) is 30.7 Å². The number of aryl methyl sites for hydroxylation is 1. The van der Waals surface area contributed by atoms with E-state index in [-0.39, 0.29) is 5.91 Å². The molecule has 1 aromatic heterocycles. The lowest BCUT2D eigenvalue weighted by atomic mass is 9.80. The Hall–Kier alpha value is -1.62. The number of nitrogens with one attached hydrogen (secondary N) is 1. The Balaban J connectivity index is 1.54. The van der Waals surface area contributed by atoms with Crippen LogP contribution in [0.1, 0.15) is 62.3 Å². The van der Waals surface area contributed by atoms with Gasteiger partial charge in [-0.05, 0) is 70.0 Å². The third-order valence-corrected chi connectivity index (χ3v) is 6.13. The van der Waals surface area contributed by atoms with Gasteiger partial charge in [-0.25, -0.2) is 0 Å². The topological polar surface area (TPSA) is 50.2 Å². The van der Waals surface area contributed by atoms with Gasteiger partial charge in [0.15, 0.2) is 0 Å². The maximum Gasteiger partial charge on any atom is 0.223 e. The first-order chi connectivity index (χ1) is 12.6. The summed E-state index contributed by atoms with van der Waals surface area (Å²) in [4.78, 5) is 14.3. The summed E-state index contributed by atoms with van der Waals surface area (Å²) in [5.41, 5.74) is 2.35. The van der Waals surface area contributed by atoms with Crippen LogP contribution in [0.25, 0.3) is 0 Å². The zero-order valence-corrected chi connectivity index (χ0v) is 16.6. The SMILES string of the molecule is CNCC1CCC(c2cc(CN(C)C(=O)CC3C=CCC3)n(C)n2)CC1. The highest BCUT2D eigenvalue weighted by Crippen LogP contribution is 2.35. The van der Waals surface area contributed by atoms with Crippen LogP contribution in [0.3, 0.4) is 0 Å². The normalized spacial score (nSPS) is 25.6. The predicted octanol–water partition coefficient (Wildman–Crippen LogP) is 3.23. The Labute approximate surface area is 157 Å². The average Bonchev–Trinajstić information content (AvgIpc) is 3.26. The van der Waals surface area contributed by atoms with Crippen molar-refractivity contribution in [2.45, 2.75) is 57.4 Å². The van der Waals surface area contributed by atoms with Gasteiger partial charge >= 0.3 is 0 Å². The number of nitrogens with zero attached hydrogens (tertiary/aromatic N) is 3. The summed E-state index contributed by atoms with van der Waals surface area (Å²) < 4.78 is 1.97. The third kappa shape index (κ3) is 4.76. The van der Waals surface area contributed by atoms with E-state index in [2.05, 4.69) is 23.5 Å². The highest BCUT2D eigenvalue weighted by Gasteiger charge is 2.25. The lowest BCUT2D eigenvalue weighted by Gasteiger charge is -2.27. The molecule has 1 amide bonds. The van der Waals surface area contributed by atoms with Gasteiger partial charge in [-0.3, -0.25) is 9.48 Å². The van der Waals surface area contributed by atoms with Crippen LogP contribution in [0.2, 0.25) is 0 Å². The van der Waals surface area contributed by atoms with Crippen molar-refractivity contribution in [1.82, 2.24) is 20.0 Å². The maximum absolute atomic E-state index is 12.5. The van der Waals surface area contributed by atoms with Gasteiger partial charge in [-0.15, -0.1) is 0 Å². The molecule has 2 aliphatic carbocycles. The van der Waals surface area contributed by atoms with Crippen molar-refractivity contribution in [2.75, 3.05) is 20.6 Å². The summed E-state index contributed by atoms with van der Waals surface area (Å²) in [6.45, 7) is 1.77. The van der Waals surface area contributed by atoms with Crippen LogP contribution >= 0.6 is 0 Å². The van der Waals surface area contributed by atoms with E-state index in [0.29, 0.717) is 24.8 Å². The fourth-order valence-electron chi connectivity index (χ4n) is 4.41. The van der Waals surface area contributed by atoms with Crippen molar-refractivity contribution in [1.29, 1.82) is 0 Å². The van der Waals surface area contributed by atoms with Gasteiger partial charge in [-0.1, -0.05) is 12.2 Å². The number of carbonyl (C=O) groups excluding carboxylic acids is 1. The van der Waals surface area contributed by atoms with Gasteiger partial charge in [0, 0.05) is 26.4 Å². The molecule has 1 aromatic rings. The largest absolute Gasteiger partial charge is 0.340 e. The number of aromatic nitrogens is 2. The first kappa shape index (κ1) is 19.2. The van der Waals surface area contributed by atoms with Crippen molar-refractivity contribution in [2.24, 2.45) is 18.9 Å². The van der Waals surface area contributed by atoms with Gasteiger partial charge in [0.25, 0.3) is 0 Å². The molecule has 0 aliphatic heterocycles. The van der Waals surface area contributed by atoms with Gasteiger partial charge in [0.2, 0.25) is 5.91 Å². The van der Waals surface area contributed by atoms with Crippen LogP contribution in [0, 0.1) is 11.8 Å². The van der Waals surface area contributed by atoms with Gasteiger partial charge < -0.3 is 10.2 Å². The molecule has 1 fully saturated rings. The Bertz CT molecular complexity index is 628. The first-order valence-corrected chi connectivity index (χ1v) is 10.1. The minimum absolute atomic E-state index is 0.233. The number of carbonyl (C=O) groups is 1. The lowest BCUT2D eigenvalue weighted by molar-refractivity contribution is -0.131. The summed E-state index contributed by atoms with van der Waals surface area (Å²) in [5.74, 6) is 2.05. The summed E-state index contributed by atoms with van der Waals surface area (Å²) in [5, 5.41) is 8.07. The Morgan fingerprint density at radius 1 is 1.31 bits per heavy atom. The van der Waals surface area contributed by atoms with Crippen molar-refractivity contribution >= 4 is 5.91 Å². The Morgan fingerprint density at radius 3 is 2.73 bits per heavy atom. The van der Waals surface area contributed by atoms with Crippen LogP contribution < -0.4 is 5.32 Å².